The summed E-state index contributed by atoms with van der Waals surface area (Å²) >= 11 is 1.07. The van der Waals surface area contributed by atoms with Gasteiger partial charge in [0.2, 0.25) is 15.2 Å². The van der Waals surface area contributed by atoms with Gasteiger partial charge in [0.15, 0.2) is 5.82 Å². The minimum atomic E-state index is -4.53. The molecule has 0 aliphatic carbocycles. The predicted octanol–water partition coefficient (Wildman–Crippen LogP) is 4.20. The summed E-state index contributed by atoms with van der Waals surface area (Å²) in [5, 5.41) is 11.3. The average Bonchev–Trinajstić information content (AvgIpc) is 3.33. The molecular weight excluding hydrogens is 517 g/mol. The van der Waals surface area contributed by atoms with Crippen LogP contribution < -0.4 is 9.64 Å². The Morgan fingerprint density at radius 3 is 2.42 bits per heavy atom. The summed E-state index contributed by atoms with van der Waals surface area (Å²) in [6.45, 7) is 2.11. The van der Waals surface area contributed by atoms with Crippen molar-refractivity contribution in [3.8, 4) is 11.5 Å². The van der Waals surface area contributed by atoms with E-state index in [1.807, 2.05) is 35.2 Å². The largest absolute Gasteiger partial charge is 0.457 e. The minimum Gasteiger partial charge on any atom is -0.457 e. The van der Waals surface area contributed by atoms with Crippen molar-refractivity contribution in [3.05, 3.63) is 66.0 Å². The lowest BCUT2D eigenvalue weighted by molar-refractivity contribution is -0.130. The summed E-state index contributed by atoms with van der Waals surface area (Å²) in [6.07, 6.45) is -6.97. The number of halogens is 3. The van der Waals surface area contributed by atoms with E-state index in [2.05, 4.69) is 9.36 Å². The molecule has 0 spiro atoms. The van der Waals surface area contributed by atoms with Crippen molar-refractivity contribution < 1.29 is 31.4 Å². The molecule has 3 aromatic rings. The normalized spacial score (nSPS) is 18.2. The van der Waals surface area contributed by atoms with E-state index in [1.54, 1.807) is 31.2 Å². The third-order valence-corrected chi connectivity index (χ3v) is 8.33. The number of nitrogens with zero attached hydrogens (tertiary/aromatic N) is 4. The van der Waals surface area contributed by atoms with Gasteiger partial charge in [-0.2, -0.15) is 21.9 Å². The van der Waals surface area contributed by atoms with E-state index in [9.17, 15) is 26.7 Å². The van der Waals surface area contributed by atoms with Crippen molar-refractivity contribution in [2.45, 2.75) is 31.7 Å². The summed E-state index contributed by atoms with van der Waals surface area (Å²) in [7, 11) is -4.02. The first kappa shape index (κ1) is 26.3. The van der Waals surface area contributed by atoms with E-state index in [1.165, 1.54) is 0 Å². The number of para-hydroxylation sites is 1. The van der Waals surface area contributed by atoms with Gasteiger partial charge in [-0.3, -0.25) is 0 Å². The number of rotatable bonds is 8. The van der Waals surface area contributed by atoms with Crippen LogP contribution in [0.1, 0.15) is 30.8 Å². The Bertz CT molecular complexity index is 1250. The fraction of sp³-hybridized carbons (Fsp3) is 0.391. The van der Waals surface area contributed by atoms with Crippen LogP contribution in [0.15, 0.2) is 54.6 Å². The molecule has 1 aliphatic rings. The van der Waals surface area contributed by atoms with Gasteiger partial charge in [-0.05, 0) is 36.8 Å². The summed E-state index contributed by atoms with van der Waals surface area (Å²) < 4.78 is 73.2. The molecule has 1 aromatic heterocycles. The summed E-state index contributed by atoms with van der Waals surface area (Å²) in [5.41, 5.74) is 0.577. The van der Waals surface area contributed by atoms with Crippen LogP contribution in [0.25, 0.3) is 0 Å². The maximum Gasteiger partial charge on any atom is 0.390 e. The molecule has 2 aromatic carbocycles. The average molecular weight is 543 g/mol. The number of hydrogen-bond acceptors (Lipinski definition) is 8. The quantitative estimate of drug-likeness (QED) is 0.456. The highest BCUT2D eigenvalue weighted by molar-refractivity contribution is 7.89. The van der Waals surface area contributed by atoms with E-state index >= 15 is 0 Å². The number of ether oxygens (including phenoxy) is 1. The Labute approximate surface area is 211 Å². The molecule has 2 unspecified atom stereocenters. The zero-order valence-corrected chi connectivity index (χ0v) is 20.9. The minimum absolute atomic E-state index is 0.0422. The van der Waals surface area contributed by atoms with E-state index in [0.29, 0.717) is 22.2 Å². The van der Waals surface area contributed by atoms with Crippen molar-refractivity contribution in [1.82, 2.24) is 13.7 Å². The van der Waals surface area contributed by atoms with Gasteiger partial charge in [-0.25, -0.2) is 13.4 Å². The topological polar surface area (TPSA) is 95.9 Å². The highest BCUT2D eigenvalue weighted by Crippen LogP contribution is 2.30. The Morgan fingerprint density at radius 1 is 1.11 bits per heavy atom. The van der Waals surface area contributed by atoms with Crippen LogP contribution in [0.2, 0.25) is 0 Å². The predicted molar refractivity (Wildman–Crippen MR) is 130 cm³/mol. The molecule has 0 saturated carbocycles. The Morgan fingerprint density at radius 2 is 1.78 bits per heavy atom. The van der Waals surface area contributed by atoms with Crippen LogP contribution in [0.4, 0.5) is 18.3 Å². The van der Waals surface area contributed by atoms with Gasteiger partial charge in [-0.1, -0.05) is 30.3 Å². The molecule has 8 nitrogen and oxygen atoms in total. The number of aliphatic hydroxyl groups is 1. The highest BCUT2D eigenvalue weighted by atomic mass is 32.2. The van der Waals surface area contributed by atoms with Gasteiger partial charge in [0.05, 0.1) is 12.2 Å². The van der Waals surface area contributed by atoms with E-state index in [4.69, 9.17) is 4.74 Å². The number of aliphatic hydroxyl groups excluding tert-OH is 1. The SMILES string of the molecule is CC1CN(S(=O)(=O)CCC(F)(F)F)CCN1c1nc(C(O)c2ccc(Oc3ccccc3)cc2)ns1. The van der Waals surface area contributed by atoms with Crippen LogP contribution in [0, 0.1) is 0 Å². The van der Waals surface area contributed by atoms with Gasteiger partial charge in [0.25, 0.3) is 0 Å². The van der Waals surface area contributed by atoms with E-state index < -0.39 is 34.5 Å². The number of sulfonamides is 1. The van der Waals surface area contributed by atoms with E-state index in [-0.39, 0.29) is 31.5 Å². The Balaban J connectivity index is 1.37. The second kappa shape index (κ2) is 10.7. The lowest BCUT2D eigenvalue weighted by Gasteiger charge is -2.38. The molecule has 13 heteroatoms. The fourth-order valence-electron chi connectivity index (χ4n) is 3.78. The zero-order chi connectivity index (χ0) is 25.9. The lowest BCUT2D eigenvalue weighted by Crippen LogP contribution is -2.54. The number of aromatic nitrogens is 2. The first-order valence-electron chi connectivity index (χ1n) is 11.2. The van der Waals surface area contributed by atoms with Gasteiger partial charge in [-0.15, -0.1) is 0 Å². The molecule has 2 atom stereocenters. The van der Waals surface area contributed by atoms with Gasteiger partial charge in [0.1, 0.15) is 17.6 Å². The summed E-state index contributed by atoms with van der Waals surface area (Å²) in [4.78, 5) is 6.29. The van der Waals surface area contributed by atoms with Gasteiger partial charge in [0, 0.05) is 37.2 Å². The Hall–Kier alpha value is -2.74. The summed E-state index contributed by atoms with van der Waals surface area (Å²) in [5.74, 6) is 0.548. The van der Waals surface area contributed by atoms with Gasteiger partial charge >= 0.3 is 6.18 Å². The molecule has 4 rings (SSSR count). The van der Waals surface area contributed by atoms with Crippen LogP contribution in [-0.4, -0.2) is 64.8 Å². The molecule has 0 amide bonds. The van der Waals surface area contributed by atoms with Crippen LogP contribution >= 0.6 is 11.5 Å². The van der Waals surface area contributed by atoms with Crippen molar-refractivity contribution >= 4 is 26.7 Å². The smallest absolute Gasteiger partial charge is 0.390 e. The molecule has 1 aliphatic heterocycles. The van der Waals surface area contributed by atoms with Crippen molar-refractivity contribution in [2.75, 3.05) is 30.3 Å². The number of alkyl halides is 3. The first-order chi connectivity index (χ1) is 17.0. The monoisotopic (exact) mass is 542 g/mol. The molecular formula is C23H25F3N4O4S2. The number of piperazine rings is 1. The molecule has 1 fully saturated rings. The van der Waals surface area contributed by atoms with Crippen molar-refractivity contribution in [1.29, 1.82) is 0 Å². The Kier molecular flexibility index (Phi) is 7.83. The molecule has 1 N–H and O–H groups in total. The van der Waals surface area contributed by atoms with Crippen molar-refractivity contribution in [3.63, 3.8) is 0 Å². The third kappa shape index (κ3) is 6.52. The standard InChI is InChI=1S/C23H25F3N4O4S2/c1-16-15-29(36(32,33)14-11-23(24,25)26)12-13-30(16)22-27-21(28-35-22)20(31)17-7-9-19(10-8-17)34-18-5-3-2-4-6-18/h2-10,16,20,31H,11-15H2,1H3. The number of hydrogen-bond donors (Lipinski definition) is 1. The molecule has 2 heterocycles. The van der Waals surface area contributed by atoms with Crippen LogP contribution in [0.3, 0.4) is 0 Å². The lowest BCUT2D eigenvalue weighted by atomic mass is 10.1. The summed E-state index contributed by atoms with van der Waals surface area (Å²) in [6, 6.07) is 15.9. The van der Waals surface area contributed by atoms with Gasteiger partial charge < -0.3 is 14.7 Å². The molecule has 0 radical (unpaired) electrons. The second-order valence-corrected chi connectivity index (χ2v) is 11.2. The molecule has 36 heavy (non-hydrogen) atoms. The fourth-order valence-corrected chi connectivity index (χ4v) is 6.16. The molecule has 0 bridgehead atoms. The zero-order valence-electron chi connectivity index (χ0n) is 19.3. The van der Waals surface area contributed by atoms with E-state index in [0.717, 1.165) is 15.8 Å². The maximum atomic E-state index is 12.5. The second-order valence-electron chi connectivity index (χ2n) is 8.40. The van der Waals surface area contributed by atoms with Crippen LogP contribution in [0.5, 0.6) is 11.5 Å². The number of anilines is 1. The van der Waals surface area contributed by atoms with Crippen molar-refractivity contribution in [2.24, 2.45) is 0 Å². The maximum absolute atomic E-state index is 12.5. The van der Waals surface area contributed by atoms with Crippen LogP contribution in [-0.2, 0) is 10.0 Å². The third-order valence-electron chi connectivity index (χ3n) is 5.72. The molecule has 194 valence electrons. The highest BCUT2D eigenvalue weighted by Gasteiger charge is 2.36. The number of benzene rings is 2. The first-order valence-corrected chi connectivity index (χ1v) is 13.6. The molecule has 1 saturated heterocycles.